The molecule has 0 aliphatic rings. The fourth-order valence-corrected chi connectivity index (χ4v) is 3.61. The first-order chi connectivity index (χ1) is 12.1. The maximum absolute atomic E-state index is 4.99. The standard InChI is InChI=1S/C23H22N2/c1-16-8-6-10-18(14-16)22(19-11-7-9-17(2)15-19)23-24-20-12-4-5-13-21(20)25(23)3/h4-15,22H,1-3H3. The topological polar surface area (TPSA) is 17.8 Å². The summed E-state index contributed by atoms with van der Waals surface area (Å²) in [4.78, 5) is 4.99. The summed E-state index contributed by atoms with van der Waals surface area (Å²) in [6, 6.07) is 25.9. The number of nitrogens with zero attached hydrogens (tertiary/aromatic N) is 2. The van der Waals surface area contributed by atoms with E-state index in [1.54, 1.807) is 0 Å². The van der Waals surface area contributed by atoms with Crippen LogP contribution in [0.15, 0.2) is 72.8 Å². The monoisotopic (exact) mass is 326 g/mol. The number of rotatable bonds is 3. The van der Waals surface area contributed by atoms with Crippen LogP contribution >= 0.6 is 0 Å². The Balaban J connectivity index is 1.98. The highest BCUT2D eigenvalue weighted by Crippen LogP contribution is 2.33. The Morgan fingerprint density at radius 3 is 1.92 bits per heavy atom. The summed E-state index contributed by atoms with van der Waals surface area (Å²) in [6.45, 7) is 4.29. The Hall–Kier alpha value is -2.87. The maximum atomic E-state index is 4.99. The van der Waals surface area contributed by atoms with E-state index in [0.29, 0.717) is 0 Å². The Kier molecular flexibility index (Phi) is 3.89. The van der Waals surface area contributed by atoms with E-state index in [2.05, 4.69) is 92.2 Å². The second kappa shape index (κ2) is 6.21. The normalized spacial score (nSPS) is 11.4. The third-order valence-electron chi connectivity index (χ3n) is 4.83. The van der Waals surface area contributed by atoms with Gasteiger partial charge in [0.05, 0.1) is 17.0 Å². The van der Waals surface area contributed by atoms with Crippen LogP contribution in [0.2, 0.25) is 0 Å². The van der Waals surface area contributed by atoms with Crippen molar-refractivity contribution in [2.24, 2.45) is 7.05 Å². The molecule has 0 aliphatic carbocycles. The van der Waals surface area contributed by atoms with Crippen LogP contribution < -0.4 is 0 Å². The lowest BCUT2D eigenvalue weighted by molar-refractivity contribution is 0.778. The lowest BCUT2D eigenvalue weighted by Crippen LogP contribution is -2.10. The summed E-state index contributed by atoms with van der Waals surface area (Å²) < 4.78 is 2.23. The molecule has 0 atom stereocenters. The smallest absolute Gasteiger partial charge is 0.121 e. The quantitative estimate of drug-likeness (QED) is 0.495. The zero-order valence-corrected chi connectivity index (χ0v) is 14.9. The molecule has 4 rings (SSSR count). The molecule has 4 aromatic rings. The van der Waals surface area contributed by atoms with E-state index in [9.17, 15) is 0 Å². The molecule has 124 valence electrons. The zero-order chi connectivity index (χ0) is 17.4. The molecular formula is C23H22N2. The minimum atomic E-state index is 0.122. The van der Waals surface area contributed by atoms with Crippen molar-refractivity contribution >= 4 is 11.0 Å². The van der Waals surface area contributed by atoms with E-state index < -0.39 is 0 Å². The molecule has 0 N–H and O–H groups in total. The van der Waals surface area contributed by atoms with E-state index >= 15 is 0 Å². The van der Waals surface area contributed by atoms with Crippen LogP contribution in [0.3, 0.4) is 0 Å². The molecule has 0 saturated heterocycles. The summed E-state index contributed by atoms with van der Waals surface area (Å²) in [7, 11) is 2.11. The fourth-order valence-electron chi connectivity index (χ4n) is 3.61. The van der Waals surface area contributed by atoms with Gasteiger partial charge in [0.15, 0.2) is 0 Å². The highest BCUT2D eigenvalue weighted by molar-refractivity contribution is 5.76. The van der Waals surface area contributed by atoms with Gasteiger partial charge in [-0.3, -0.25) is 0 Å². The lowest BCUT2D eigenvalue weighted by atomic mass is 9.89. The van der Waals surface area contributed by atoms with Gasteiger partial charge in [-0.25, -0.2) is 4.98 Å². The van der Waals surface area contributed by atoms with Crippen molar-refractivity contribution in [3.8, 4) is 0 Å². The van der Waals surface area contributed by atoms with Gasteiger partial charge in [0.2, 0.25) is 0 Å². The van der Waals surface area contributed by atoms with Crippen LogP contribution in [-0.4, -0.2) is 9.55 Å². The Labute approximate surface area is 148 Å². The van der Waals surface area contributed by atoms with Gasteiger partial charge < -0.3 is 4.57 Å². The van der Waals surface area contributed by atoms with Gasteiger partial charge in [-0.05, 0) is 37.1 Å². The largest absolute Gasteiger partial charge is 0.330 e. The highest BCUT2D eigenvalue weighted by atomic mass is 15.1. The molecule has 2 heteroatoms. The van der Waals surface area contributed by atoms with Crippen LogP contribution in [0.25, 0.3) is 11.0 Å². The van der Waals surface area contributed by atoms with Crippen LogP contribution in [0, 0.1) is 13.8 Å². The number of hydrogen-bond donors (Lipinski definition) is 0. The van der Waals surface area contributed by atoms with Gasteiger partial charge >= 0.3 is 0 Å². The van der Waals surface area contributed by atoms with E-state index in [-0.39, 0.29) is 5.92 Å². The van der Waals surface area contributed by atoms with Crippen molar-refractivity contribution in [1.29, 1.82) is 0 Å². The number of aryl methyl sites for hydroxylation is 3. The predicted molar refractivity (Wildman–Crippen MR) is 104 cm³/mol. The molecule has 0 amide bonds. The van der Waals surface area contributed by atoms with Gasteiger partial charge in [0.1, 0.15) is 5.82 Å². The molecule has 3 aromatic carbocycles. The van der Waals surface area contributed by atoms with Gasteiger partial charge in [-0.1, -0.05) is 71.8 Å². The van der Waals surface area contributed by atoms with E-state index in [0.717, 1.165) is 11.3 Å². The number of imidazole rings is 1. The van der Waals surface area contributed by atoms with Crippen LogP contribution in [0.5, 0.6) is 0 Å². The summed E-state index contributed by atoms with van der Waals surface area (Å²) in [5.41, 5.74) is 7.32. The van der Waals surface area contributed by atoms with Crippen molar-refractivity contribution in [3.63, 3.8) is 0 Å². The minimum Gasteiger partial charge on any atom is -0.330 e. The van der Waals surface area contributed by atoms with Gasteiger partial charge in [0.25, 0.3) is 0 Å². The molecule has 0 bridgehead atoms. The van der Waals surface area contributed by atoms with Crippen LogP contribution in [0.4, 0.5) is 0 Å². The number of para-hydroxylation sites is 2. The first-order valence-corrected chi connectivity index (χ1v) is 8.68. The lowest BCUT2D eigenvalue weighted by Gasteiger charge is -2.19. The van der Waals surface area contributed by atoms with Crippen molar-refractivity contribution in [3.05, 3.63) is 101 Å². The second-order valence-electron chi connectivity index (χ2n) is 6.78. The summed E-state index contributed by atoms with van der Waals surface area (Å²) in [6.07, 6.45) is 0. The predicted octanol–water partition coefficient (Wildman–Crippen LogP) is 5.37. The third-order valence-corrected chi connectivity index (χ3v) is 4.83. The molecule has 0 fully saturated rings. The first kappa shape index (κ1) is 15.6. The minimum absolute atomic E-state index is 0.122. The van der Waals surface area contributed by atoms with Crippen molar-refractivity contribution in [2.45, 2.75) is 19.8 Å². The van der Waals surface area contributed by atoms with E-state index in [1.807, 2.05) is 6.07 Å². The third kappa shape index (κ3) is 2.85. The number of fused-ring (bicyclic) bond motifs is 1. The number of benzene rings is 3. The molecule has 0 unspecified atom stereocenters. The molecule has 1 heterocycles. The molecule has 0 radical (unpaired) electrons. The van der Waals surface area contributed by atoms with E-state index in [4.69, 9.17) is 4.98 Å². The molecule has 0 aliphatic heterocycles. The zero-order valence-electron chi connectivity index (χ0n) is 14.9. The average molecular weight is 326 g/mol. The van der Waals surface area contributed by atoms with Gasteiger partial charge in [0, 0.05) is 7.05 Å². The number of hydrogen-bond acceptors (Lipinski definition) is 1. The maximum Gasteiger partial charge on any atom is 0.121 e. The van der Waals surface area contributed by atoms with E-state index in [1.165, 1.54) is 27.8 Å². The molecule has 1 aromatic heterocycles. The molecule has 2 nitrogen and oxygen atoms in total. The second-order valence-corrected chi connectivity index (χ2v) is 6.78. The first-order valence-electron chi connectivity index (χ1n) is 8.68. The van der Waals surface area contributed by atoms with Gasteiger partial charge in [-0.2, -0.15) is 0 Å². The molecule has 25 heavy (non-hydrogen) atoms. The number of aromatic nitrogens is 2. The molecule has 0 saturated carbocycles. The average Bonchev–Trinajstić information content (AvgIpc) is 2.93. The fraction of sp³-hybridized carbons (Fsp3) is 0.174. The SMILES string of the molecule is Cc1cccc(C(c2cccc(C)c2)c2nc3ccccc3n2C)c1. The van der Waals surface area contributed by atoms with Crippen molar-refractivity contribution in [1.82, 2.24) is 9.55 Å². The Morgan fingerprint density at radius 2 is 1.36 bits per heavy atom. The molecule has 0 spiro atoms. The Bertz CT molecular complexity index is 997. The highest BCUT2D eigenvalue weighted by Gasteiger charge is 2.22. The van der Waals surface area contributed by atoms with Crippen molar-refractivity contribution in [2.75, 3.05) is 0 Å². The summed E-state index contributed by atoms with van der Waals surface area (Å²) >= 11 is 0. The van der Waals surface area contributed by atoms with Crippen molar-refractivity contribution < 1.29 is 0 Å². The Morgan fingerprint density at radius 1 is 0.760 bits per heavy atom. The summed E-state index contributed by atoms with van der Waals surface area (Å²) in [5, 5.41) is 0. The van der Waals surface area contributed by atoms with Gasteiger partial charge in [-0.15, -0.1) is 0 Å². The summed E-state index contributed by atoms with van der Waals surface area (Å²) in [5.74, 6) is 1.20. The van der Waals surface area contributed by atoms with Crippen LogP contribution in [0.1, 0.15) is 34.0 Å². The van der Waals surface area contributed by atoms with Crippen LogP contribution in [-0.2, 0) is 7.05 Å². The molecular weight excluding hydrogens is 304 g/mol.